The number of hydrazine groups is 1. The van der Waals surface area contributed by atoms with Crippen molar-refractivity contribution in [1.82, 2.24) is 10.4 Å². The summed E-state index contributed by atoms with van der Waals surface area (Å²) >= 11 is 0. The van der Waals surface area contributed by atoms with Crippen LogP contribution in [0, 0.1) is 23.7 Å². The lowest BCUT2D eigenvalue weighted by Crippen LogP contribution is -2.58. The summed E-state index contributed by atoms with van der Waals surface area (Å²) in [6, 6.07) is 17.0. The molecule has 2 aliphatic heterocycles. The molecule has 0 amide bonds. The van der Waals surface area contributed by atoms with Gasteiger partial charge in [-0.2, -0.15) is 0 Å². The molecule has 5 unspecified atom stereocenters. The van der Waals surface area contributed by atoms with Gasteiger partial charge in [-0.3, -0.25) is 4.79 Å². The Kier molecular flexibility index (Phi) is 10.3. The minimum absolute atomic E-state index is 0.0333. The van der Waals surface area contributed by atoms with Crippen molar-refractivity contribution in [2.24, 2.45) is 23.7 Å². The van der Waals surface area contributed by atoms with Gasteiger partial charge in [-0.15, -0.1) is 0 Å². The molecule has 0 saturated carbocycles. The van der Waals surface area contributed by atoms with Crippen LogP contribution in [0.1, 0.15) is 64.1 Å². The number of carbonyl (C=O) groups excluding carboxylic acids is 1. The minimum atomic E-state index is -0.124. The Bertz CT molecular complexity index is 1060. The summed E-state index contributed by atoms with van der Waals surface area (Å²) in [6.07, 6.45) is 2.38. The Morgan fingerprint density at radius 2 is 1.74 bits per heavy atom. The van der Waals surface area contributed by atoms with Crippen LogP contribution in [0.2, 0.25) is 0 Å². The van der Waals surface area contributed by atoms with Crippen LogP contribution in [0.4, 0.5) is 0 Å². The maximum Gasteiger partial charge on any atom is 0.309 e. The van der Waals surface area contributed by atoms with Crippen molar-refractivity contribution in [1.29, 1.82) is 0 Å². The molecule has 2 saturated heterocycles. The van der Waals surface area contributed by atoms with Gasteiger partial charge < -0.3 is 18.9 Å². The number of nitrogens with one attached hydrogen (secondary N) is 1. The lowest BCUT2D eigenvalue weighted by Gasteiger charge is -2.48. The van der Waals surface area contributed by atoms with E-state index in [9.17, 15) is 4.79 Å². The van der Waals surface area contributed by atoms with Crippen LogP contribution < -0.4 is 14.9 Å². The van der Waals surface area contributed by atoms with E-state index in [2.05, 4.69) is 74.5 Å². The number of hydrogen-bond donors (Lipinski definition) is 1. The van der Waals surface area contributed by atoms with Crippen molar-refractivity contribution in [3.8, 4) is 11.5 Å². The molecule has 2 aromatic rings. The van der Waals surface area contributed by atoms with E-state index in [1.165, 1.54) is 11.1 Å². The van der Waals surface area contributed by atoms with E-state index in [0.717, 1.165) is 37.3 Å². The van der Waals surface area contributed by atoms with E-state index in [1.807, 2.05) is 12.1 Å². The van der Waals surface area contributed by atoms with Gasteiger partial charge in [0.05, 0.1) is 31.7 Å². The number of hydrogen-bond acceptors (Lipinski definition) is 7. The van der Waals surface area contributed by atoms with Crippen LogP contribution in [0.3, 0.4) is 0 Å². The van der Waals surface area contributed by atoms with Crippen LogP contribution in [-0.4, -0.2) is 50.6 Å². The molecule has 7 nitrogen and oxygen atoms in total. The van der Waals surface area contributed by atoms with E-state index in [-0.39, 0.29) is 36.0 Å². The predicted octanol–water partition coefficient (Wildman–Crippen LogP) is 5.79. The fourth-order valence-electron chi connectivity index (χ4n) is 6.02. The van der Waals surface area contributed by atoms with Crippen LogP contribution >= 0.6 is 0 Å². The predicted molar refractivity (Wildman–Crippen MR) is 152 cm³/mol. The summed E-state index contributed by atoms with van der Waals surface area (Å²) in [6.45, 7) is 10.7. The molecule has 39 heavy (non-hydrogen) atoms. The van der Waals surface area contributed by atoms with Gasteiger partial charge in [-0.05, 0) is 53.9 Å². The van der Waals surface area contributed by atoms with Gasteiger partial charge in [0, 0.05) is 26.7 Å². The third-order valence-corrected chi connectivity index (χ3v) is 8.24. The van der Waals surface area contributed by atoms with Crippen molar-refractivity contribution in [2.75, 3.05) is 27.4 Å². The van der Waals surface area contributed by atoms with Crippen LogP contribution in [0.5, 0.6) is 11.5 Å². The molecule has 2 aliphatic rings. The first-order valence-electron chi connectivity index (χ1n) is 14.4. The highest BCUT2D eigenvalue weighted by Crippen LogP contribution is 2.44. The van der Waals surface area contributed by atoms with E-state index in [4.69, 9.17) is 18.9 Å². The van der Waals surface area contributed by atoms with Crippen molar-refractivity contribution in [3.05, 3.63) is 59.7 Å². The molecule has 0 spiro atoms. The zero-order valence-corrected chi connectivity index (χ0v) is 24.4. The first kappa shape index (κ1) is 29.4. The summed E-state index contributed by atoms with van der Waals surface area (Å²) in [5, 5.41) is 2.36. The smallest absolute Gasteiger partial charge is 0.309 e. The molecule has 4 rings (SSSR count). The van der Waals surface area contributed by atoms with Crippen molar-refractivity contribution < 1.29 is 23.7 Å². The van der Waals surface area contributed by atoms with Crippen molar-refractivity contribution >= 4 is 5.97 Å². The number of carbonyl (C=O) groups is 1. The van der Waals surface area contributed by atoms with E-state index >= 15 is 0 Å². The van der Waals surface area contributed by atoms with Gasteiger partial charge in [0.15, 0.2) is 11.5 Å². The minimum Gasteiger partial charge on any atom is -0.493 e. The van der Waals surface area contributed by atoms with Crippen LogP contribution in [-0.2, 0) is 20.8 Å². The first-order valence-corrected chi connectivity index (χ1v) is 14.4. The number of benzene rings is 2. The third-order valence-electron chi connectivity index (χ3n) is 8.24. The molecule has 0 aliphatic carbocycles. The Morgan fingerprint density at radius 3 is 2.38 bits per heavy atom. The lowest BCUT2D eigenvalue weighted by atomic mass is 9.76. The summed E-state index contributed by atoms with van der Waals surface area (Å²) in [7, 11) is 3.38. The summed E-state index contributed by atoms with van der Waals surface area (Å²) in [5.41, 5.74) is 6.24. The second-order valence-corrected chi connectivity index (χ2v) is 11.6. The number of rotatable bonds is 12. The number of cyclic esters (lactones) is 1. The Balaban J connectivity index is 1.66. The Morgan fingerprint density at radius 1 is 0.974 bits per heavy atom. The van der Waals surface area contributed by atoms with Crippen LogP contribution in [0.15, 0.2) is 48.5 Å². The maximum absolute atomic E-state index is 12.7. The molecule has 0 radical (unpaired) electrons. The second-order valence-electron chi connectivity index (χ2n) is 11.6. The van der Waals surface area contributed by atoms with E-state index in [1.54, 1.807) is 14.2 Å². The molecular weight excluding hydrogens is 492 g/mol. The average Bonchev–Trinajstić information content (AvgIpc) is 3.33. The quantitative estimate of drug-likeness (QED) is 0.271. The van der Waals surface area contributed by atoms with E-state index < -0.39 is 0 Å². The molecule has 0 aromatic heterocycles. The number of esters is 1. The normalized spacial score (nSPS) is 25.7. The largest absolute Gasteiger partial charge is 0.493 e. The zero-order valence-electron chi connectivity index (χ0n) is 24.4. The molecule has 2 aromatic carbocycles. The molecule has 1 N–H and O–H groups in total. The standard InChI is InChI=1S/C32H46N2O5/c1-21(2)25-18-27(29-19-26(22(3)4)32(35)39-29)33-34(20-23-11-8-7-9-12-23)31(25)24-13-14-28(37-6)30(17-24)38-16-10-15-36-5/h7-9,11-14,17,21-22,25-27,29,31,33H,10,15-16,18-20H2,1-6H3. The fraction of sp³-hybridized carbons (Fsp3) is 0.594. The fourth-order valence-corrected chi connectivity index (χ4v) is 6.02. The molecular formula is C32H46N2O5. The van der Waals surface area contributed by atoms with Gasteiger partial charge in [-0.1, -0.05) is 64.1 Å². The first-order chi connectivity index (χ1) is 18.8. The summed E-state index contributed by atoms with van der Waals surface area (Å²) < 4.78 is 23.0. The highest BCUT2D eigenvalue weighted by atomic mass is 16.6. The van der Waals surface area contributed by atoms with Gasteiger partial charge in [-0.25, -0.2) is 10.4 Å². The Labute approximate surface area is 234 Å². The highest BCUT2D eigenvalue weighted by Gasteiger charge is 2.46. The SMILES string of the molecule is COCCCOc1cc(C2C(C(C)C)CC(C3CC(C(C)C)C(=O)O3)NN2Cc2ccccc2)ccc1OC. The van der Waals surface area contributed by atoms with Gasteiger partial charge in [0.1, 0.15) is 6.10 Å². The topological polar surface area (TPSA) is 69.3 Å². The van der Waals surface area contributed by atoms with Gasteiger partial charge >= 0.3 is 5.97 Å². The van der Waals surface area contributed by atoms with Crippen molar-refractivity contribution in [2.45, 2.75) is 71.7 Å². The van der Waals surface area contributed by atoms with Crippen molar-refractivity contribution in [3.63, 3.8) is 0 Å². The molecule has 0 bridgehead atoms. The van der Waals surface area contributed by atoms with Gasteiger partial charge in [0.2, 0.25) is 0 Å². The monoisotopic (exact) mass is 538 g/mol. The summed E-state index contributed by atoms with van der Waals surface area (Å²) in [5.74, 6) is 2.43. The molecule has 214 valence electrons. The molecule has 5 atom stereocenters. The van der Waals surface area contributed by atoms with Crippen LogP contribution in [0.25, 0.3) is 0 Å². The average molecular weight is 539 g/mol. The number of methoxy groups -OCH3 is 2. The zero-order chi connectivity index (χ0) is 27.9. The summed E-state index contributed by atoms with van der Waals surface area (Å²) in [4.78, 5) is 12.7. The van der Waals surface area contributed by atoms with E-state index in [0.29, 0.717) is 25.0 Å². The number of nitrogens with zero attached hydrogens (tertiary/aromatic N) is 1. The maximum atomic E-state index is 12.7. The molecule has 7 heteroatoms. The second kappa shape index (κ2) is 13.6. The third kappa shape index (κ3) is 7.13. The molecule has 2 heterocycles. The number of ether oxygens (including phenoxy) is 4. The molecule has 2 fully saturated rings. The lowest BCUT2D eigenvalue weighted by molar-refractivity contribution is -0.148. The Hall–Kier alpha value is -2.61. The highest BCUT2D eigenvalue weighted by molar-refractivity contribution is 5.75. The van der Waals surface area contributed by atoms with Gasteiger partial charge in [0.25, 0.3) is 0 Å².